The fraction of sp³-hybridized carbons (Fsp3) is 0.333. The van der Waals surface area contributed by atoms with Crippen LogP contribution in [-0.4, -0.2) is 59.0 Å². The topological polar surface area (TPSA) is 68.6 Å². The number of rotatable bonds is 7. The van der Waals surface area contributed by atoms with E-state index in [0.29, 0.717) is 25.5 Å². The molecule has 6 rings (SSSR count). The van der Waals surface area contributed by atoms with Crippen molar-refractivity contribution in [1.82, 2.24) is 20.0 Å². The number of halogens is 1. The van der Waals surface area contributed by atoms with E-state index in [1.165, 1.54) is 17.7 Å². The lowest BCUT2D eigenvalue weighted by molar-refractivity contribution is -0.0843. The first-order valence-corrected chi connectivity index (χ1v) is 13.0. The monoisotopic (exact) mass is 514 g/mol. The highest BCUT2D eigenvalue weighted by molar-refractivity contribution is 6.05. The predicted molar refractivity (Wildman–Crippen MR) is 143 cm³/mol. The molecule has 0 saturated carbocycles. The van der Waals surface area contributed by atoms with Gasteiger partial charge in [-0.2, -0.15) is 5.10 Å². The number of nitrogens with zero attached hydrogens (tertiary/aromatic N) is 3. The number of benzene rings is 3. The van der Waals surface area contributed by atoms with Crippen LogP contribution in [0.3, 0.4) is 0 Å². The maximum Gasteiger partial charge on any atom is 0.272 e. The second-order valence-corrected chi connectivity index (χ2v) is 10.2. The van der Waals surface area contributed by atoms with E-state index in [4.69, 9.17) is 14.6 Å². The first kappa shape index (κ1) is 24.6. The Bertz CT molecular complexity index is 1410. The molecule has 0 unspecified atom stereocenters. The number of nitrogens with one attached hydrogen (secondary N) is 1. The summed E-state index contributed by atoms with van der Waals surface area (Å²) < 4.78 is 26.4. The standard InChI is InChI=1S/C30H31FN4O3/c1-37-26-12-8-20(9-13-26)16-34-24-14-23(15-25(34)19-38-18-24)32-30(36)29-27-4-2-3-5-28(27)35(33-29)17-21-6-10-22(31)11-7-21/h2-13,23-25H,14-19H2,1H3,(H,32,36)/t23-,24-,25+. The molecule has 2 fully saturated rings. The summed E-state index contributed by atoms with van der Waals surface area (Å²) in [4.78, 5) is 16.0. The molecule has 2 aliphatic rings. The molecule has 0 radical (unpaired) electrons. The first-order chi connectivity index (χ1) is 18.6. The molecule has 3 atom stereocenters. The molecule has 8 heteroatoms. The number of aromatic nitrogens is 2. The van der Waals surface area contributed by atoms with E-state index < -0.39 is 0 Å². The van der Waals surface area contributed by atoms with E-state index >= 15 is 0 Å². The third kappa shape index (κ3) is 5.01. The maximum absolute atomic E-state index is 13.5. The lowest BCUT2D eigenvalue weighted by Gasteiger charge is -2.48. The average molecular weight is 515 g/mol. The summed E-state index contributed by atoms with van der Waals surface area (Å²) in [5.41, 5.74) is 3.46. The van der Waals surface area contributed by atoms with Crippen LogP contribution >= 0.6 is 0 Å². The van der Waals surface area contributed by atoms with Crippen LogP contribution in [-0.2, 0) is 17.8 Å². The van der Waals surface area contributed by atoms with Crippen molar-refractivity contribution >= 4 is 16.8 Å². The number of piperidine rings is 1. The smallest absolute Gasteiger partial charge is 0.272 e. The summed E-state index contributed by atoms with van der Waals surface area (Å²) in [6.07, 6.45) is 1.65. The van der Waals surface area contributed by atoms with Crippen molar-refractivity contribution in [1.29, 1.82) is 0 Å². The van der Waals surface area contributed by atoms with Crippen molar-refractivity contribution in [3.8, 4) is 5.75 Å². The summed E-state index contributed by atoms with van der Waals surface area (Å²) in [5.74, 6) is 0.419. The van der Waals surface area contributed by atoms with Gasteiger partial charge < -0.3 is 14.8 Å². The third-order valence-corrected chi connectivity index (χ3v) is 7.65. The number of carbonyl (C=O) groups is 1. The van der Waals surface area contributed by atoms with Crippen molar-refractivity contribution in [2.24, 2.45) is 0 Å². The van der Waals surface area contributed by atoms with E-state index in [1.54, 1.807) is 19.2 Å². The summed E-state index contributed by atoms with van der Waals surface area (Å²) in [7, 11) is 1.68. The van der Waals surface area contributed by atoms with Crippen LogP contribution < -0.4 is 10.1 Å². The van der Waals surface area contributed by atoms with E-state index in [9.17, 15) is 9.18 Å². The Morgan fingerprint density at radius 3 is 2.34 bits per heavy atom. The highest BCUT2D eigenvalue weighted by Gasteiger charge is 2.39. The van der Waals surface area contributed by atoms with Gasteiger partial charge in [0.05, 0.1) is 32.4 Å². The van der Waals surface area contributed by atoms with Crippen LogP contribution in [0.5, 0.6) is 5.75 Å². The zero-order chi connectivity index (χ0) is 26.1. The number of amides is 1. The molecule has 4 aromatic rings. The Hall–Kier alpha value is -3.75. The summed E-state index contributed by atoms with van der Waals surface area (Å²) in [6, 6.07) is 22.8. The van der Waals surface area contributed by atoms with Crippen LogP contribution in [0.4, 0.5) is 4.39 Å². The molecule has 1 N–H and O–H groups in total. The molecule has 2 aliphatic heterocycles. The Morgan fingerprint density at radius 1 is 0.974 bits per heavy atom. The molecule has 3 heterocycles. The molecule has 196 valence electrons. The minimum Gasteiger partial charge on any atom is -0.497 e. The van der Waals surface area contributed by atoms with Gasteiger partial charge in [0, 0.05) is 30.1 Å². The molecule has 2 saturated heterocycles. The Balaban J connectivity index is 1.17. The van der Waals surface area contributed by atoms with Crippen molar-refractivity contribution in [3.05, 3.63) is 95.4 Å². The SMILES string of the molecule is COc1ccc(CN2[C@@H]3COC[C@H]2C[C@@H](NC(=O)c2nn(Cc4ccc(F)cc4)c4ccccc24)C3)cc1. The highest BCUT2D eigenvalue weighted by atomic mass is 19.1. The van der Waals surface area contributed by atoms with Crippen LogP contribution in [0, 0.1) is 5.82 Å². The van der Waals surface area contributed by atoms with Gasteiger partial charge in [-0.15, -0.1) is 0 Å². The molecule has 7 nitrogen and oxygen atoms in total. The Labute approximate surface area is 221 Å². The number of ether oxygens (including phenoxy) is 2. The van der Waals surface area contributed by atoms with E-state index in [2.05, 4.69) is 22.3 Å². The fourth-order valence-corrected chi connectivity index (χ4v) is 5.74. The Kier molecular flexibility index (Phi) is 6.82. The van der Waals surface area contributed by atoms with Gasteiger partial charge in [-0.05, 0) is 54.3 Å². The molecule has 0 aliphatic carbocycles. The van der Waals surface area contributed by atoms with Gasteiger partial charge in [0.2, 0.25) is 0 Å². The van der Waals surface area contributed by atoms with Crippen LogP contribution in [0.2, 0.25) is 0 Å². The van der Waals surface area contributed by atoms with Gasteiger partial charge in [0.15, 0.2) is 5.69 Å². The normalized spacial score (nSPS) is 21.4. The largest absolute Gasteiger partial charge is 0.497 e. The number of hydrogen-bond donors (Lipinski definition) is 1. The van der Waals surface area contributed by atoms with Gasteiger partial charge in [-0.25, -0.2) is 4.39 Å². The molecule has 2 bridgehead atoms. The second kappa shape index (κ2) is 10.6. The minimum atomic E-state index is -0.274. The number of carbonyl (C=O) groups excluding carboxylic acids is 1. The van der Waals surface area contributed by atoms with Crippen molar-refractivity contribution in [3.63, 3.8) is 0 Å². The van der Waals surface area contributed by atoms with Gasteiger partial charge in [0.1, 0.15) is 11.6 Å². The van der Waals surface area contributed by atoms with Crippen LogP contribution in [0.15, 0.2) is 72.8 Å². The van der Waals surface area contributed by atoms with E-state index in [0.717, 1.165) is 41.6 Å². The van der Waals surface area contributed by atoms with Gasteiger partial charge >= 0.3 is 0 Å². The minimum absolute atomic E-state index is 0.0505. The third-order valence-electron chi connectivity index (χ3n) is 7.65. The lowest BCUT2D eigenvalue weighted by Crippen LogP contribution is -2.60. The zero-order valence-corrected chi connectivity index (χ0v) is 21.3. The van der Waals surface area contributed by atoms with Crippen molar-refractivity contribution in [2.75, 3.05) is 20.3 Å². The molecular formula is C30H31FN4O3. The molecule has 3 aromatic carbocycles. The first-order valence-electron chi connectivity index (χ1n) is 13.0. The molecule has 38 heavy (non-hydrogen) atoms. The predicted octanol–water partition coefficient (Wildman–Crippen LogP) is 4.39. The zero-order valence-electron chi connectivity index (χ0n) is 21.3. The lowest BCUT2D eigenvalue weighted by atomic mass is 9.89. The van der Waals surface area contributed by atoms with Gasteiger partial charge in [-0.1, -0.05) is 42.5 Å². The van der Waals surface area contributed by atoms with Crippen molar-refractivity contribution in [2.45, 2.75) is 44.1 Å². The quantitative estimate of drug-likeness (QED) is 0.396. The molecule has 1 amide bonds. The molecule has 0 spiro atoms. The summed E-state index contributed by atoms with van der Waals surface area (Å²) >= 11 is 0. The maximum atomic E-state index is 13.5. The average Bonchev–Trinajstić information content (AvgIpc) is 3.29. The van der Waals surface area contributed by atoms with E-state index in [1.807, 2.05) is 41.1 Å². The van der Waals surface area contributed by atoms with Gasteiger partial charge in [0.25, 0.3) is 5.91 Å². The number of hydrogen-bond acceptors (Lipinski definition) is 5. The molecule has 1 aromatic heterocycles. The fourth-order valence-electron chi connectivity index (χ4n) is 5.74. The number of para-hydroxylation sites is 1. The van der Waals surface area contributed by atoms with E-state index in [-0.39, 0.29) is 29.8 Å². The van der Waals surface area contributed by atoms with Gasteiger partial charge in [-0.3, -0.25) is 14.4 Å². The highest BCUT2D eigenvalue weighted by Crippen LogP contribution is 2.30. The number of morpholine rings is 1. The second-order valence-electron chi connectivity index (χ2n) is 10.2. The Morgan fingerprint density at radius 2 is 1.63 bits per heavy atom. The van der Waals surface area contributed by atoms with Crippen molar-refractivity contribution < 1.29 is 18.7 Å². The van der Waals surface area contributed by atoms with Crippen LogP contribution in [0.25, 0.3) is 10.9 Å². The number of methoxy groups -OCH3 is 1. The number of fused-ring (bicyclic) bond motifs is 3. The summed E-state index contributed by atoms with van der Waals surface area (Å²) in [5, 5.41) is 8.78. The molecular weight excluding hydrogens is 483 g/mol. The van der Waals surface area contributed by atoms with Crippen LogP contribution in [0.1, 0.15) is 34.5 Å². The summed E-state index contributed by atoms with van der Waals surface area (Å²) in [6.45, 7) is 2.63.